The first kappa shape index (κ1) is 22.2. The van der Waals surface area contributed by atoms with E-state index >= 15 is 0 Å². The van der Waals surface area contributed by atoms with E-state index in [1.54, 1.807) is 25.3 Å². The molecule has 4 rings (SSSR count). The zero-order valence-electron chi connectivity index (χ0n) is 17.5. The number of hydrogen-bond donors (Lipinski definition) is 2. The van der Waals surface area contributed by atoms with Crippen LogP contribution in [0, 0.1) is 5.92 Å². The Kier molecular flexibility index (Phi) is 7.02. The number of carbonyl (C=O) groups excluding carboxylic acids is 2. The topological polar surface area (TPSA) is 67.4 Å². The second-order valence-electron chi connectivity index (χ2n) is 7.53. The number of anilines is 2. The van der Waals surface area contributed by atoms with Gasteiger partial charge in [0.2, 0.25) is 11.8 Å². The van der Waals surface area contributed by atoms with Crippen LogP contribution in [0.25, 0.3) is 0 Å². The lowest BCUT2D eigenvalue weighted by Gasteiger charge is -2.19. The number of methoxy groups -OCH3 is 1. The van der Waals surface area contributed by atoms with Gasteiger partial charge in [0.05, 0.1) is 12.8 Å². The summed E-state index contributed by atoms with van der Waals surface area (Å²) in [4.78, 5) is 26.4. The van der Waals surface area contributed by atoms with E-state index in [0.717, 1.165) is 29.0 Å². The van der Waals surface area contributed by atoms with Gasteiger partial charge in [-0.15, -0.1) is 11.8 Å². The summed E-state index contributed by atoms with van der Waals surface area (Å²) in [6.07, 6.45) is 1.90. The molecule has 1 saturated carbocycles. The number of nitrogens with one attached hydrogen (secondary N) is 2. The van der Waals surface area contributed by atoms with E-state index in [9.17, 15) is 9.59 Å². The average Bonchev–Trinajstić information content (AvgIpc) is 3.64. The number of hydrogen-bond acceptors (Lipinski definition) is 4. The van der Waals surface area contributed by atoms with E-state index in [-0.39, 0.29) is 17.7 Å². The Morgan fingerprint density at radius 2 is 1.78 bits per heavy atom. The number of halogens is 1. The lowest BCUT2D eigenvalue weighted by Crippen LogP contribution is -2.19. The highest BCUT2D eigenvalue weighted by Gasteiger charge is 2.29. The molecule has 1 fully saturated rings. The van der Waals surface area contributed by atoms with Crippen LogP contribution < -0.4 is 15.4 Å². The maximum absolute atomic E-state index is 13.4. The smallest absolute Gasteiger partial charge is 0.242 e. The molecule has 1 atom stereocenters. The largest absolute Gasteiger partial charge is 0.495 e. The van der Waals surface area contributed by atoms with Gasteiger partial charge in [0, 0.05) is 21.5 Å². The molecule has 5 nitrogen and oxygen atoms in total. The third-order valence-electron chi connectivity index (χ3n) is 5.06. The number of thioether (sulfide) groups is 1. The molecule has 0 aromatic heterocycles. The molecule has 3 aromatic carbocycles. The molecule has 2 N–H and O–H groups in total. The Morgan fingerprint density at radius 3 is 2.50 bits per heavy atom. The molecule has 0 spiro atoms. The van der Waals surface area contributed by atoms with E-state index in [1.165, 1.54) is 11.8 Å². The first-order valence-electron chi connectivity index (χ1n) is 10.3. The molecular formula is C25H23ClN2O3S. The average molecular weight is 467 g/mol. The number of rotatable bonds is 8. The standard InChI is InChI=1S/C25H23ClN2O3S/c1-31-22-13-12-18(26)14-21(22)28-25(30)23(16-6-3-2-4-7-16)32-20-9-5-8-19(15-20)27-24(29)17-10-11-17/h2-9,12-15,17,23H,10-11H2,1H3,(H,27,29)(H,28,30). The minimum Gasteiger partial charge on any atom is -0.495 e. The van der Waals surface area contributed by atoms with Crippen LogP contribution in [0.2, 0.25) is 5.02 Å². The Morgan fingerprint density at radius 1 is 1.00 bits per heavy atom. The molecular weight excluding hydrogens is 444 g/mol. The lowest BCUT2D eigenvalue weighted by molar-refractivity contribution is -0.117. The summed E-state index contributed by atoms with van der Waals surface area (Å²) in [7, 11) is 1.55. The summed E-state index contributed by atoms with van der Waals surface area (Å²) in [5.74, 6) is 0.512. The van der Waals surface area contributed by atoms with Crippen LogP contribution in [0.15, 0.2) is 77.7 Å². The lowest BCUT2D eigenvalue weighted by atomic mass is 10.1. The van der Waals surface area contributed by atoms with Gasteiger partial charge in [0.25, 0.3) is 0 Å². The number of ether oxygens (including phenoxy) is 1. The van der Waals surface area contributed by atoms with Crippen LogP contribution in [0.4, 0.5) is 11.4 Å². The molecule has 1 aliphatic carbocycles. The maximum Gasteiger partial charge on any atom is 0.242 e. The summed E-state index contributed by atoms with van der Waals surface area (Å²) in [5, 5.41) is 5.90. The second-order valence-corrected chi connectivity index (χ2v) is 9.15. The second kappa shape index (κ2) is 10.1. The summed E-state index contributed by atoms with van der Waals surface area (Å²) in [6, 6.07) is 22.2. The summed E-state index contributed by atoms with van der Waals surface area (Å²) >= 11 is 7.54. The summed E-state index contributed by atoms with van der Waals surface area (Å²) < 4.78 is 5.36. The van der Waals surface area contributed by atoms with Crippen molar-refractivity contribution in [2.45, 2.75) is 23.0 Å². The molecule has 0 radical (unpaired) electrons. The van der Waals surface area contributed by atoms with Gasteiger partial charge in [-0.3, -0.25) is 9.59 Å². The fourth-order valence-electron chi connectivity index (χ4n) is 3.25. The van der Waals surface area contributed by atoms with Crippen molar-refractivity contribution in [1.82, 2.24) is 0 Å². The van der Waals surface area contributed by atoms with Crippen LogP contribution in [-0.2, 0) is 9.59 Å². The Hall–Kier alpha value is -2.96. The minimum atomic E-state index is -0.519. The normalized spacial score (nSPS) is 13.8. The fraction of sp³-hybridized carbons (Fsp3) is 0.200. The van der Waals surface area contributed by atoms with Crippen LogP contribution >= 0.6 is 23.4 Å². The minimum absolute atomic E-state index is 0.0533. The van der Waals surface area contributed by atoms with Gasteiger partial charge in [-0.2, -0.15) is 0 Å². The predicted molar refractivity (Wildman–Crippen MR) is 129 cm³/mol. The third-order valence-corrected chi connectivity index (χ3v) is 6.55. The highest BCUT2D eigenvalue weighted by molar-refractivity contribution is 8.00. The highest BCUT2D eigenvalue weighted by atomic mass is 35.5. The third kappa shape index (κ3) is 5.64. The molecule has 3 aromatic rings. The van der Waals surface area contributed by atoms with Gasteiger partial charge >= 0.3 is 0 Å². The van der Waals surface area contributed by atoms with E-state index in [1.807, 2.05) is 54.6 Å². The molecule has 0 saturated heterocycles. The van der Waals surface area contributed by atoms with Crippen molar-refractivity contribution in [3.63, 3.8) is 0 Å². The molecule has 2 amide bonds. The Balaban J connectivity index is 1.57. The molecule has 0 heterocycles. The van der Waals surface area contributed by atoms with Crippen molar-refractivity contribution in [3.8, 4) is 5.75 Å². The molecule has 1 unspecified atom stereocenters. The van der Waals surface area contributed by atoms with Crippen molar-refractivity contribution < 1.29 is 14.3 Å². The van der Waals surface area contributed by atoms with E-state index < -0.39 is 5.25 Å². The van der Waals surface area contributed by atoms with Crippen molar-refractivity contribution in [2.75, 3.05) is 17.7 Å². The van der Waals surface area contributed by atoms with Crippen LogP contribution in [0.5, 0.6) is 5.75 Å². The van der Waals surface area contributed by atoms with Crippen molar-refractivity contribution >= 4 is 46.6 Å². The van der Waals surface area contributed by atoms with Crippen molar-refractivity contribution in [3.05, 3.63) is 83.4 Å². The summed E-state index contributed by atoms with van der Waals surface area (Å²) in [6.45, 7) is 0. The SMILES string of the molecule is COc1ccc(Cl)cc1NC(=O)C(Sc1cccc(NC(=O)C2CC2)c1)c1ccccc1. The predicted octanol–water partition coefficient (Wildman–Crippen LogP) is 6.17. The first-order valence-corrected chi connectivity index (χ1v) is 11.6. The highest BCUT2D eigenvalue weighted by Crippen LogP contribution is 2.38. The molecule has 0 aliphatic heterocycles. The van der Waals surface area contributed by atoms with Gasteiger partial charge in [0.1, 0.15) is 11.0 Å². The molecule has 32 heavy (non-hydrogen) atoms. The van der Waals surface area contributed by atoms with Gasteiger partial charge in [-0.05, 0) is 54.8 Å². The number of carbonyl (C=O) groups is 2. The van der Waals surface area contributed by atoms with Gasteiger partial charge in [-0.25, -0.2) is 0 Å². The molecule has 7 heteroatoms. The molecule has 164 valence electrons. The van der Waals surface area contributed by atoms with Gasteiger partial charge < -0.3 is 15.4 Å². The quantitative estimate of drug-likeness (QED) is 0.389. The van der Waals surface area contributed by atoms with Crippen molar-refractivity contribution in [2.24, 2.45) is 5.92 Å². The Bertz CT molecular complexity index is 1120. The number of amides is 2. The van der Waals surface area contributed by atoms with Crippen LogP contribution in [0.1, 0.15) is 23.7 Å². The van der Waals surface area contributed by atoms with E-state index in [4.69, 9.17) is 16.3 Å². The van der Waals surface area contributed by atoms with E-state index in [2.05, 4.69) is 10.6 Å². The van der Waals surface area contributed by atoms with Gasteiger partial charge in [-0.1, -0.05) is 48.0 Å². The zero-order chi connectivity index (χ0) is 22.5. The Labute approximate surface area is 196 Å². The molecule has 0 bridgehead atoms. The van der Waals surface area contributed by atoms with Gasteiger partial charge in [0.15, 0.2) is 0 Å². The summed E-state index contributed by atoms with van der Waals surface area (Å²) in [5.41, 5.74) is 2.11. The van der Waals surface area contributed by atoms with Crippen LogP contribution in [0.3, 0.4) is 0 Å². The molecule has 1 aliphatic rings. The first-order chi connectivity index (χ1) is 15.5. The maximum atomic E-state index is 13.4. The van der Waals surface area contributed by atoms with E-state index in [0.29, 0.717) is 16.5 Å². The van der Waals surface area contributed by atoms with Crippen molar-refractivity contribution in [1.29, 1.82) is 0 Å². The fourth-order valence-corrected chi connectivity index (χ4v) is 4.51. The monoisotopic (exact) mass is 466 g/mol. The van der Waals surface area contributed by atoms with Crippen LogP contribution in [-0.4, -0.2) is 18.9 Å². The number of benzene rings is 3. The zero-order valence-corrected chi connectivity index (χ0v) is 19.1.